The van der Waals surface area contributed by atoms with E-state index in [1.54, 1.807) is 0 Å². The first-order valence-corrected chi connectivity index (χ1v) is 4.20. The maximum Gasteiger partial charge on any atom is 0.0600 e. The fraction of sp³-hybridized carbons (Fsp3) is 1.00. The van der Waals surface area contributed by atoms with Gasteiger partial charge in [-0.05, 0) is 25.2 Å². The van der Waals surface area contributed by atoms with Crippen molar-refractivity contribution in [1.29, 1.82) is 0 Å². The lowest BCUT2D eigenvalue weighted by atomic mass is 10.0. The first-order valence-electron chi connectivity index (χ1n) is 4.20. The van der Waals surface area contributed by atoms with E-state index >= 15 is 0 Å². The van der Waals surface area contributed by atoms with E-state index in [0.717, 1.165) is 25.9 Å². The van der Waals surface area contributed by atoms with E-state index in [4.69, 9.17) is 14.9 Å². The Bertz CT molecular complexity index is 93.5. The molecule has 0 spiro atoms. The second-order valence-electron chi connectivity index (χ2n) is 3.08. The lowest BCUT2D eigenvalue weighted by Gasteiger charge is -2.05. The zero-order chi connectivity index (χ0) is 8.10. The Hall–Kier alpha value is -0.120. The Balaban J connectivity index is 2.12. The number of hydrogen-bond donors (Lipinski definition) is 2. The third-order valence-corrected chi connectivity index (χ3v) is 2.15. The van der Waals surface area contributed by atoms with Crippen LogP contribution in [0.4, 0.5) is 0 Å². The molecule has 1 aliphatic heterocycles. The van der Waals surface area contributed by atoms with E-state index in [9.17, 15) is 0 Å². The summed E-state index contributed by atoms with van der Waals surface area (Å²) in [4.78, 5) is 0. The van der Waals surface area contributed by atoms with Crippen LogP contribution in [0.15, 0.2) is 0 Å². The SMILES string of the molecule is OCCC1COC(CCO)C1. The van der Waals surface area contributed by atoms with Crippen molar-refractivity contribution in [2.24, 2.45) is 5.92 Å². The van der Waals surface area contributed by atoms with Crippen molar-refractivity contribution in [3.63, 3.8) is 0 Å². The lowest BCUT2D eigenvalue weighted by molar-refractivity contribution is 0.0828. The van der Waals surface area contributed by atoms with Gasteiger partial charge in [0.1, 0.15) is 0 Å². The molecule has 2 unspecified atom stereocenters. The van der Waals surface area contributed by atoms with E-state index in [1.165, 1.54) is 0 Å². The maximum atomic E-state index is 8.64. The molecular weight excluding hydrogens is 144 g/mol. The van der Waals surface area contributed by atoms with Gasteiger partial charge in [-0.1, -0.05) is 0 Å². The molecule has 0 aromatic carbocycles. The minimum absolute atomic E-state index is 0.205. The molecule has 11 heavy (non-hydrogen) atoms. The van der Waals surface area contributed by atoms with Gasteiger partial charge in [-0.2, -0.15) is 0 Å². The minimum atomic E-state index is 0.205. The normalized spacial score (nSPS) is 31.1. The van der Waals surface area contributed by atoms with E-state index in [-0.39, 0.29) is 19.3 Å². The standard InChI is InChI=1S/C8H16O3/c9-3-1-7-5-8(2-4-10)11-6-7/h7-10H,1-6H2. The molecule has 0 aliphatic carbocycles. The van der Waals surface area contributed by atoms with Crippen LogP contribution in [0.2, 0.25) is 0 Å². The molecule has 1 heterocycles. The number of rotatable bonds is 4. The number of hydrogen-bond acceptors (Lipinski definition) is 3. The van der Waals surface area contributed by atoms with Crippen molar-refractivity contribution in [3.8, 4) is 0 Å². The summed E-state index contributed by atoms with van der Waals surface area (Å²) in [6.45, 7) is 1.21. The molecule has 1 fully saturated rings. The molecule has 0 aromatic rings. The van der Waals surface area contributed by atoms with Crippen molar-refractivity contribution in [2.45, 2.75) is 25.4 Å². The van der Waals surface area contributed by atoms with Crippen molar-refractivity contribution < 1.29 is 14.9 Å². The summed E-state index contributed by atoms with van der Waals surface area (Å²) < 4.78 is 5.39. The summed E-state index contributed by atoms with van der Waals surface area (Å²) in [7, 11) is 0. The minimum Gasteiger partial charge on any atom is -0.396 e. The van der Waals surface area contributed by atoms with Gasteiger partial charge < -0.3 is 14.9 Å². The summed E-state index contributed by atoms with van der Waals surface area (Å²) in [5, 5.41) is 17.3. The van der Waals surface area contributed by atoms with Gasteiger partial charge in [-0.15, -0.1) is 0 Å². The number of ether oxygens (including phenoxy) is 1. The Morgan fingerprint density at radius 1 is 1.18 bits per heavy atom. The Labute approximate surface area is 67.0 Å². The largest absolute Gasteiger partial charge is 0.396 e. The van der Waals surface area contributed by atoms with Gasteiger partial charge in [0.05, 0.1) is 6.10 Å². The van der Waals surface area contributed by atoms with Gasteiger partial charge in [0, 0.05) is 19.8 Å². The lowest BCUT2D eigenvalue weighted by Crippen LogP contribution is -2.07. The fourth-order valence-electron chi connectivity index (χ4n) is 1.51. The van der Waals surface area contributed by atoms with Crippen molar-refractivity contribution >= 4 is 0 Å². The van der Waals surface area contributed by atoms with Crippen molar-refractivity contribution in [3.05, 3.63) is 0 Å². The van der Waals surface area contributed by atoms with Crippen LogP contribution >= 0.6 is 0 Å². The second kappa shape index (κ2) is 4.70. The molecule has 0 amide bonds. The molecular formula is C8H16O3. The Kier molecular flexibility index (Phi) is 3.83. The van der Waals surface area contributed by atoms with Crippen LogP contribution in [0.25, 0.3) is 0 Å². The van der Waals surface area contributed by atoms with E-state index in [2.05, 4.69) is 0 Å². The summed E-state index contributed by atoms with van der Waals surface area (Å²) >= 11 is 0. The molecule has 0 bridgehead atoms. The third kappa shape index (κ3) is 2.77. The molecule has 0 aromatic heterocycles. The monoisotopic (exact) mass is 160 g/mol. The Morgan fingerprint density at radius 3 is 2.55 bits per heavy atom. The van der Waals surface area contributed by atoms with Crippen LogP contribution in [-0.4, -0.2) is 36.1 Å². The average Bonchev–Trinajstić information content (AvgIpc) is 2.38. The molecule has 2 atom stereocenters. The third-order valence-electron chi connectivity index (χ3n) is 2.15. The molecule has 1 saturated heterocycles. The van der Waals surface area contributed by atoms with Crippen LogP contribution in [0.1, 0.15) is 19.3 Å². The quantitative estimate of drug-likeness (QED) is 0.615. The van der Waals surface area contributed by atoms with Gasteiger partial charge in [-0.25, -0.2) is 0 Å². The molecule has 0 saturated carbocycles. The molecule has 1 rings (SSSR count). The first kappa shape index (κ1) is 8.97. The smallest absolute Gasteiger partial charge is 0.0600 e. The highest BCUT2D eigenvalue weighted by Crippen LogP contribution is 2.23. The molecule has 0 radical (unpaired) electrons. The first-order chi connectivity index (χ1) is 5.36. The van der Waals surface area contributed by atoms with Crippen LogP contribution in [-0.2, 0) is 4.74 Å². The van der Waals surface area contributed by atoms with Gasteiger partial charge in [0.15, 0.2) is 0 Å². The highest BCUT2D eigenvalue weighted by Gasteiger charge is 2.23. The number of aliphatic hydroxyl groups is 2. The molecule has 66 valence electrons. The second-order valence-corrected chi connectivity index (χ2v) is 3.08. The predicted molar refractivity (Wildman–Crippen MR) is 41.3 cm³/mol. The highest BCUT2D eigenvalue weighted by molar-refractivity contribution is 4.72. The van der Waals surface area contributed by atoms with Crippen LogP contribution in [0.3, 0.4) is 0 Å². The zero-order valence-electron chi connectivity index (χ0n) is 6.70. The summed E-state index contributed by atoms with van der Waals surface area (Å²) in [6, 6.07) is 0. The maximum absolute atomic E-state index is 8.64. The topological polar surface area (TPSA) is 49.7 Å². The van der Waals surface area contributed by atoms with Crippen LogP contribution < -0.4 is 0 Å². The van der Waals surface area contributed by atoms with E-state index < -0.39 is 0 Å². The van der Waals surface area contributed by atoms with E-state index in [1.807, 2.05) is 0 Å². The summed E-state index contributed by atoms with van der Waals surface area (Å²) in [6.07, 6.45) is 2.81. The van der Waals surface area contributed by atoms with Gasteiger partial charge in [-0.3, -0.25) is 0 Å². The molecule has 3 nitrogen and oxygen atoms in total. The van der Waals surface area contributed by atoms with E-state index in [0.29, 0.717) is 5.92 Å². The fourth-order valence-corrected chi connectivity index (χ4v) is 1.51. The number of aliphatic hydroxyl groups excluding tert-OH is 2. The molecule has 2 N–H and O–H groups in total. The van der Waals surface area contributed by atoms with Crippen LogP contribution in [0.5, 0.6) is 0 Å². The van der Waals surface area contributed by atoms with Crippen molar-refractivity contribution in [2.75, 3.05) is 19.8 Å². The van der Waals surface area contributed by atoms with Gasteiger partial charge in [0.25, 0.3) is 0 Å². The molecule has 3 heteroatoms. The predicted octanol–water partition coefficient (Wildman–Crippen LogP) is 0.156. The molecule has 1 aliphatic rings. The van der Waals surface area contributed by atoms with Crippen molar-refractivity contribution in [1.82, 2.24) is 0 Å². The van der Waals surface area contributed by atoms with Gasteiger partial charge >= 0.3 is 0 Å². The van der Waals surface area contributed by atoms with Gasteiger partial charge in [0.2, 0.25) is 0 Å². The summed E-state index contributed by atoms with van der Waals surface area (Å²) in [5.41, 5.74) is 0. The Morgan fingerprint density at radius 2 is 1.91 bits per heavy atom. The van der Waals surface area contributed by atoms with Crippen LogP contribution in [0, 0.1) is 5.92 Å². The average molecular weight is 160 g/mol. The zero-order valence-corrected chi connectivity index (χ0v) is 6.70. The summed E-state index contributed by atoms with van der Waals surface area (Å²) in [5.74, 6) is 0.511. The highest BCUT2D eigenvalue weighted by atomic mass is 16.5.